The van der Waals surface area contributed by atoms with Crippen LogP contribution in [-0.4, -0.2) is 15.9 Å². The van der Waals surface area contributed by atoms with E-state index in [4.69, 9.17) is 0 Å². The molecule has 0 aliphatic heterocycles. The summed E-state index contributed by atoms with van der Waals surface area (Å²) in [4.78, 5) is 21.0. The monoisotopic (exact) mass is 332 g/mol. The maximum Gasteiger partial charge on any atom is 0.275 e. The molecule has 1 heterocycles. The van der Waals surface area contributed by atoms with Gasteiger partial charge in [0.15, 0.2) is 0 Å². The van der Waals surface area contributed by atoms with Crippen LogP contribution in [-0.2, 0) is 6.42 Å². The van der Waals surface area contributed by atoms with Crippen LogP contribution in [0.4, 0.5) is 17.2 Å². The van der Waals surface area contributed by atoms with E-state index in [-0.39, 0.29) is 11.6 Å². The number of carbonyl (C=O) groups is 1. The summed E-state index contributed by atoms with van der Waals surface area (Å²) in [6.45, 7) is 4.04. The van der Waals surface area contributed by atoms with Gasteiger partial charge in [0.1, 0.15) is 11.5 Å². The second-order valence-electron chi connectivity index (χ2n) is 5.69. The molecule has 0 aliphatic rings. The minimum Gasteiger partial charge on any atom is -0.339 e. The van der Waals surface area contributed by atoms with Crippen molar-refractivity contribution in [3.8, 4) is 0 Å². The van der Waals surface area contributed by atoms with Crippen LogP contribution in [0.5, 0.6) is 0 Å². The summed E-state index contributed by atoms with van der Waals surface area (Å²) < 4.78 is 0. The maximum absolute atomic E-state index is 12.5. The van der Waals surface area contributed by atoms with Gasteiger partial charge < -0.3 is 10.6 Å². The quantitative estimate of drug-likeness (QED) is 0.729. The van der Waals surface area contributed by atoms with Crippen molar-refractivity contribution in [3.05, 3.63) is 77.7 Å². The Labute approximate surface area is 147 Å². The first-order valence-corrected chi connectivity index (χ1v) is 8.21. The predicted octanol–water partition coefficient (Wildman–Crippen LogP) is 4.34. The zero-order valence-electron chi connectivity index (χ0n) is 14.3. The molecule has 1 aromatic heterocycles. The number of carbonyl (C=O) groups excluding carboxylic acids is 1. The van der Waals surface area contributed by atoms with Crippen molar-refractivity contribution in [2.24, 2.45) is 0 Å². The van der Waals surface area contributed by atoms with E-state index in [0.717, 1.165) is 28.9 Å². The van der Waals surface area contributed by atoms with Gasteiger partial charge in [0.25, 0.3) is 5.91 Å². The molecule has 0 atom stereocenters. The molecule has 0 aliphatic carbocycles. The van der Waals surface area contributed by atoms with Crippen LogP contribution < -0.4 is 10.6 Å². The highest BCUT2D eigenvalue weighted by atomic mass is 16.1. The third-order valence-corrected chi connectivity index (χ3v) is 3.91. The van der Waals surface area contributed by atoms with Crippen molar-refractivity contribution in [2.75, 3.05) is 10.6 Å². The van der Waals surface area contributed by atoms with E-state index in [1.54, 1.807) is 6.20 Å². The molecule has 2 aromatic carbocycles. The SMILES string of the molecule is CCc1cccc(C)c1NC(=O)c1cnc(Nc2ccccc2)cn1. The van der Waals surface area contributed by atoms with Crippen molar-refractivity contribution >= 4 is 23.1 Å². The van der Waals surface area contributed by atoms with E-state index in [1.807, 2.05) is 55.5 Å². The zero-order valence-corrected chi connectivity index (χ0v) is 14.3. The van der Waals surface area contributed by atoms with Gasteiger partial charge in [0, 0.05) is 11.4 Å². The van der Waals surface area contributed by atoms with Gasteiger partial charge in [-0.1, -0.05) is 43.3 Å². The fourth-order valence-corrected chi connectivity index (χ4v) is 2.56. The van der Waals surface area contributed by atoms with Crippen molar-refractivity contribution < 1.29 is 4.79 Å². The first-order valence-electron chi connectivity index (χ1n) is 8.21. The number of rotatable bonds is 5. The lowest BCUT2D eigenvalue weighted by molar-refractivity contribution is 0.102. The summed E-state index contributed by atoms with van der Waals surface area (Å²) in [6.07, 6.45) is 3.88. The highest BCUT2D eigenvalue weighted by Gasteiger charge is 2.12. The number of nitrogens with zero attached hydrogens (tertiary/aromatic N) is 2. The molecule has 25 heavy (non-hydrogen) atoms. The number of hydrogen-bond donors (Lipinski definition) is 2. The minimum atomic E-state index is -0.261. The second-order valence-corrected chi connectivity index (χ2v) is 5.69. The lowest BCUT2D eigenvalue weighted by Crippen LogP contribution is -2.16. The average Bonchev–Trinajstić information content (AvgIpc) is 2.64. The Morgan fingerprint density at radius 1 is 1.00 bits per heavy atom. The molecule has 0 bridgehead atoms. The summed E-state index contributed by atoms with van der Waals surface area (Å²) in [5.74, 6) is 0.329. The number of hydrogen-bond acceptors (Lipinski definition) is 4. The molecular weight excluding hydrogens is 312 g/mol. The van der Waals surface area contributed by atoms with Gasteiger partial charge in [-0.25, -0.2) is 9.97 Å². The molecule has 5 nitrogen and oxygen atoms in total. The van der Waals surface area contributed by atoms with Gasteiger partial charge in [-0.05, 0) is 36.6 Å². The van der Waals surface area contributed by atoms with Crippen molar-refractivity contribution in [1.82, 2.24) is 9.97 Å². The van der Waals surface area contributed by atoms with E-state index in [1.165, 1.54) is 6.20 Å². The highest BCUT2D eigenvalue weighted by Crippen LogP contribution is 2.21. The lowest BCUT2D eigenvalue weighted by atomic mass is 10.1. The van der Waals surface area contributed by atoms with Crippen LogP contribution in [0, 0.1) is 6.92 Å². The fourth-order valence-electron chi connectivity index (χ4n) is 2.56. The van der Waals surface area contributed by atoms with E-state index >= 15 is 0 Å². The summed E-state index contributed by atoms with van der Waals surface area (Å²) in [7, 11) is 0. The first-order chi connectivity index (χ1) is 12.2. The molecule has 2 N–H and O–H groups in total. The molecule has 3 rings (SSSR count). The lowest BCUT2D eigenvalue weighted by Gasteiger charge is -2.12. The van der Waals surface area contributed by atoms with E-state index < -0.39 is 0 Å². The number of nitrogens with one attached hydrogen (secondary N) is 2. The second kappa shape index (κ2) is 7.57. The number of aryl methyl sites for hydroxylation is 2. The van der Waals surface area contributed by atoms with E-state index in [2.05, 4.69) is 27.5 Å². The molecule has 0 spiro atoms. The third-order valence-electron chi connectivity index (χ3n) is 3.91. The van der Waals surface area contributed by atoms with Crippen LogP contribution in [0.1, 0.15) is 28.5 Å². The Morgan fingerprint density at radius 2 is 1.80 bits per heavy atom. The average molecular weight is 332 g/mol. The third kappa shape index (κ3) is 4.01. The Kier molecular flexibility index (Phi) is 5.04. The molecule has 0 radical (unpaired) electrons. The van der Waals surface area contributed by atoms with Crippen LogP contribution >= 0.6 is 0 Å². The van der Waals surface area contributed by atoms with Crippen molar-refractivity contribution in [1.29, 1.82) is 0 Å². The smallest absolute Gasteiger partial charge is 0.275 e. The molecule has 0 unspecified atom stereocenters. The number of aromatic nitrogens is 2. The van der Waals surface area contributed by atoms with Crippen molar-refractivity contribution in [2.45, 2.75) is 20.3 Å². The standard InChI is InChI=1S/C20H20N4O/c1-3-15-9-7-8-14(2)19(15)24-20(25)17-12-22-18(13-21-17)23-16-10-5-4-6-11-16/h4-13H,3H2,1-2H3,(H,22,23)(H,24,25). The topological polar surface area (TPSA) is 66.9 Å². The normalized spacial score (nSPS) is 10.3. The summed E-state index contributed by atoms with van der Waals surface area (Å²) in [5, 5.41) is 6.10. The Bertz CT molecular complexity index is 861. The fraction of sp³-hybridized carbons (Fsp3) is 0.150. The molecular formula is C20H20N4O. The Hall–Kier alpha value is -3.21. The van der Waals surface area contributed by atoms with Crippen LogP contribution in [0.3, 0.4) is 0 Å². The largest absolute Gasteiger partial charge is 0.339 e. The van der Waals surface area contributed by atoms with E-state index in [0.29, 0.717) is 5.82 Å². The first kappa shape index (κ1) is 16.6. The number of amides is 1. The molecule has 3 aromatic rings. The van der Waals surface area contributed by atoms with Gasteiger partial charge in [-0.15, -0.1) is 0 Å². The molecule has 0 saturated carbocycles. The summed E-state index contributed by atoms with van der Waals surface area (Å²) in [6, 6.07) is 15.7. The zero-order chi connectivity index (χ0) is 17.6. The van der Waals surface area contributed by atoms with Gasteiger partial charge in [-0.2, -0.15) is 0 Å². The number of benzene rings is 2. The van der Waals surface area contributed by atoms with Crippen LogP contribution in [0.25, 0.3) is 0 Å². The Balaban J connectivity index is 1.73. The van der Waals surface area contributed by atoms with Crippen molar-refractivity contribution in [3.63, 3.8) is 0 Å². The van der Waals surface area contributed by atoms with Crippen LogP contribution in [0.15, 0.2) is 60.9 Å². The summed E-state index contributed by atoms with van der Waals surface area (Å²) in [5.41, 5.74) is 4.18. The highest BCUT2D eigenvalue weighted by molar-refractivity contribution is 6.03. The predicted molar refractivity (Wildman–Crippen MR) is 100 cm³/mol. The molecule has 126 valence electrons. The molecule has 0 fully saturated rings. The van der Waals surface area contributed by atoms with Crippen LogP contribution in [0.2, 0.25) is 0 Å². The van der Waals surface area contributed by atoms with Gasteiger partial charge >= 0.3 is 0 Å². The van der Waals surface area contributed by atoms with Gasteiger partial charge in [0.05, 0.1) is 12.4 Å². The minimum absolute atomic E-state index is 0.261. The number of para-hydroxylation sites is 2. The van der Waals surface area contributed by atoms with Gasteiger partial charge in [-0.3, -0.25) is 4.79 Å². The molecule has 1 amide bonds. The maximum atomic E-state index is 12.5. The Morgan fingerprint density at radius 3 is 2.48 bits per heavy atom. The summed E-state index contributed by atoms with van der Waals surface area (Å²) >= 11 is 0. The molecule has 5 heteroatoms. The number of anilines is 3. The van der Waals surface area contributed by atoms with Gasteiger partial charge in [0.2, 0.25) is 0 Å². The molecule has 0 saturated heterocycles. The van der Waals surface area contributed by atoms with E-state index in [9.17, 15) is 4.79 Å².